The Bertz CT molecular complexity index is 225. The van der Waals surface area contributed by atoms with Crippen molar-refractivity contribution in [3.05, 3.63) is 15.6 Å². The summed E-state index contributed by atoms with van der Waals surface area (Å²) in [5.74, 6) is 0.581. The van der Waals surface area contributed by atoms with Crippen molar-refractivity contribution in [2.75, 3.05) is 0 Å². The van der Waals surface area contributed by atoms with Gasteiger partial charge in [0.05, 0.1) is 11.6 Å². The van der Waals surface area contributed by atoms with E-state index in [-0.39, 0.29) is 12.4 Å². The van der Waals surface area contributed by atoms with Gasteiger partial charge in [-0.3, -0.25) is 0 Å². The Balaban J connectivity index is 0.000000605. The first-order chi connectivity index (χ1) is 4.90. The number of hydrogen-bond acceptors (Lipinski definition) is 2. The van der Waals surface area contributed by atoms with E-state index in [2.05, 4.69) is 4.98 Å². The van der Waals surface area contributed by atoms with Crippen LogP contribution in [0.3, 0.4) is 0 Å². The number of hydrogen-bond donors (Lipinski definition) is 0. The SMILES string of the molecule is Cl.ClCc1nc2c(s1)CCC2. The normalized spacial score (nSPS) is 14.3. The van der Waals surface area contributed by atoms with Gasteiger partial charge in [0.25, 0.3) is 0 Å². The lowest BCUT2D eigenvalue weighted by Crippen LogP contribution is -1.79. The predicted octanol–water partition coefficient (Wildman–Crippen LogP) is 2.79. The van der Waals surface area contributed by atoms with Gasteiger partial charge >= 0.3 is 0 Å². The van der Waals surface area contributed by atoms with Crippen molar-refractivity contribution in [3.63, 3.8) is 0 Å². The van der Waals surface area contributed by atoms with Crippen LogP contribution in [0.5, 0.6) is 0 Å². The molecule has 0 spiro atoms. The molecule has 0 fully saturated rings. The summed E-state index contributed by atoms with van der Waals surface area (Å²) in [7, 11) is 0. The molecule has 11 heavy (non-hydrogen) atoms. The van der Waals surface area contributed by atoms with E-state index in [1.807, 2.05) is 0 Å². The molecule has 2 rings (SSSR count). The first-order valence-electron chi connectivity index (χ1n) is 3.43. The highest BCUT2D eigenvalue weighted by Gasteiger charge is 2.15. The molecule has 0 saturated heterocycles. The fourth-order valence-corrected chi connectivity index (χ4v) is 2.53. The second kappa shape index (κ2) is 3.74. The number of fused-ring (bicyclic) bond motifs is 1. The summed E-state index contributed by atoms with van der Waals surface area (Å²) in [6.07, 6.45) is 3.68. The smallest absolute Gasteiger partial charge is 0.108 e. The summed E-state index contributed by atoms with van der Waals surface area (Å²) in [6, 6.07) is 0. The van der Waals surface area contributed by atoms with Crippen LogP contribution in [0.1, 0.15) is 22.0 Å². The molecule has 0 saturated carbocycles. The molecule has 0 atom stereocenters. The van der Waals surface area contributed by atoms with Gasteiger partial charge in [-0.25, -0.2) is 4.98 Å². The van der Waals surface area contributed by atoms with Gasteiger partial charge in [-0.05, 0) is 19.3 Å². The number of aromatic nitrogens is 1. The second-order valence-electron chi connectivity index (χ2n) is 2.46. The molecule has 0 aromatic carbocycles. The third-order valence-corrected chi connectivity index (χ3v) is 3.32. The highest BCUT2D eigenvalue weighted by molar-refractivity contribution is 7.12. The van der Waals surface area contributed by atoms with Gasteiger partial charge in [-0.2, -0.15) is 0 Å². The lowest BCUT2D eigenvalue weighted by Gasteiger charge is -1.83. The molecule has 1 aliphatic carbocycles. The summed E-state index contributed by atoms with van der Waals surface area (Å²) in [6.45, 7) is 0. The van der Waals surface area contributed by atoms with Gasteiger partial charge in [0.15, 0.2) is 0 Å². The molecule has 0 aliphatic heterocycles. The minimum atomic E-state index is 0. The summed E-state index contributed by atoms with van der Waals surface area (Å²) in [4.78, 5) is 5.86. The van der Waals surface area contributed by atoms with Crippen molar-refractivity contribution in [1.82, 2.24) is 4.98 Å². The number of nitrogens with zero attached hydrogens (tertiary/aromatic N) is 1. The van der Waals surface area contributed by atoms with Crippen molar-refractivity contribution in [2.24, 2.45) is 0 Å². The molecule has 4 heteroatoms. The Labute approximate surface area is 81.2 Å². The van der Waals surface area contributed by atoms with Gasteiger partial charge in [0.1, 0.15) is 5.01 Å². The molecular formula is C7H9Cl2NS. The van der Waals surface area contributed by atoms with E-state index >= 15 is 0 Å². The Morgan fingerprint density at radius 1 is 1.45 bits per heavy atom. The zero-order chi connectivity index (χ0) is 6.97. The van der Waals surface area contributed by atoms with E-state index in [1.165, 1.54) is 29.8 Å². The Hall–Kier alpha value is 0.210. The van der Waals surface area contributed by atoms with Crippen LogP contribution in [0.15, 0.2) is 0 Å². The maximum Gasteiger partial charge on any atom is 0.108 e. The molecule has 0 N–H and O–H groups in total. The minimum Gasteiger partial charge on any atom is -0.245 e. The fraction of sp³-hybridized carbons (Fsp3) is 0.571. The highest BCUT2D eigenvalue weighted by Crippen LogP contribution is 2.27. The van der Waals surface area contributed by atoms with Crippen LogP contribution < -0.4 is 0 Å². The summed E-state index contributed by atoms with van der Waals surface area (Å²) >= 11 is 7.42. The van der Waals surface area contributed by atoms with Gasteiger partial charge < -0.3 is 0 Å². The molecule has 62 valence electrons. The van der Waals surface area contributed by atoms with Crippen molar-refractivity contribution >= 4 is 35.3 Å². The van der Waals surface area contributed by atoms with E-state index in [4.69, 9.17) is 11.6 Å². The second-order valence-corrected chi connectivity index (χ2v) is 3.90. The maximum absolute atomic E-state index is 5.64. The van der Waals surface area contributed by atoms with Gasteiger partial charge in [0, 0.05) is 4.88 Å². The zero-order valence-corrected chi connectivity index (χ0v) is 8.36. The molecule has 0 radical (unpaired) electrons. The Morgan fingerprint density at radius 3 is 2.91 bits per heavy atom. The monoisotopic (exact) mass is 209 g/mol. The molecule has 0 unspecified atom stereocenters. The van der Waals surface area contributed by atoms with Gasteiger partial charge in [-0.1, -0.05) is 0 Å². The molecule has 1 aliphatic rings. The average Bonchev–Trinajstić information content (AvgIpc) is 2.42. The lowest BCUT2D eigenvalue weighted by atomic mass is 10.4. The largest absolute Gasteiger partial charge is 0.245 e. The van der Waals surface area contributed by atoms with E-state index in [1.54, 1.807) is 11.3 Å². The van der Waals surface area contributed by atoms with Gasteiger partial charge in [0.2, 0.25) is 0 Å². The van der Waals surface area contributed by atoms with E-state index in [0.29, 0.717) is 5.88 Å². The zero-order valence-electron chi connectivity index (χ0n) is 5.97. The Kier molecular flexibility index (Phi) is 3.16. The van der Waals surface area contributed by atoms with Crippen molar-refractivity contribution < 1.29 is 0 Å². The van der Waals surface area contributed by atoms with Crippen LogP contribution >= 0.6 is 35.3 Å². The fourth-order valence-electron chi connectivity index (χ4n) is 1.30. The number of halogens is 2. The predicted molar refractivity (Wildman–Crippen MR) is 50.9 cm³/mol. The van der Waals surface area contributed by atoms with E-state index < -0.39 is 0 Å². The maximum atomic E-state index is 5.64. The minimum absolute atomic E-state index is 0. The average molecular weight is 210 g/mol. The highest BCUT2D eigenvalue weighted by atomic mass is 35.5. The molecular weight excluding hydrogens is 201 g/mol. The van der Waals surface area contributed by atoms with Crippen LogP contribution in [0.2, 0.25) is 0 Å². The van der Waals surface area contributed by atoms with E-state index in [0.717, 1.165) is 5.01 Å². The summed E-state index contributed by atoms with van der Waals surface area (Å²) in [5.41, 5.74) is 1.31. The van der Waals surface area contributed by atoms with Crippen molar-refractivity contribution in [3.8, 4) is 0 Å². The van der Waals surface area contributed by atoms with Crippen LogP contribution in [0.25, 0.3) is 0 Å². The summed E-state index contributed by atoms with van der Waals surface area (Å²) < 4.78 is 0. The molecule has 1 nitrogen and oxygen atoms in total. The van der Waals surface area contributed by atoms with Crippen molar-refractivity contribution in [2.45, 2.75) is 25.1 Å². The number of alkyl halides is 1. The lowest BCUT2D eigenvalue weighted by molar-refractivity contribution is 0.895. The van der Waals surface area contributed by atoms with Crippen LogP contribution in [0.4, 0.5) is 0 Å². The quantitative estimate of drug-likeness (QED) is 0.649. The van der Waals surface area contributed by atoms with Crippen LogP contribution in [-0.4, -0.2) is 4.98 Å². The molecule has 1 aromatic heterocycles. The van der Waals surface area contributed by atoms with Gasteiger partial charge in [-0.15, -0.1) is 35.3 Å². The third-order valence-electron chi connectivity index (χ3n) is 1.75. The van der Waals surface area contributed by atoms with Crippen LogP contribution in [0, 0.1) is 0 Å². The molecule has 0 bridgehead atoms. The topological polar surface area (TPSA) is 12.9 Å². The molecule has 1 aromatic rings. The number of rotatable bonds is 1. The molecule has 0 amide bonds. The van der Waals surface area contributed by atoms with Crippen LogP contribution in [-0.2, 0) is 18.7 Å². The molecule has 1 heterocycles. The first-order valence-corrected chi connectivity index (χ1v) is 4.78. The number of aryl methyl sites for hydroxylation is 2. The Morgan fingerprint density at radius 2 is 2.27 bits per heavy atom. The first kappa shape index (κ1) is 9.30. The number of thiazole rings is 1. The van der Waals surface area contributed by atoms with Crippen molar-refractivity contribution in [1.29, 1.82) is 0 Å². The third kappa shape index (κ3) is 1.68. The standard InChI is InChI=1S/C7H8ClNS.ClH/c8-4-7-9-5-2-1-3-6(5)10-7;/h1-4H2;1H. The summed E-state index contributed by atoms with van der Waals surface area (Å²) in [5, 5.41) is 1.09. The van der Waals surface area contributed by atoms with E-state index in [9.17, 15) is 0 Å².